The van der Waals surface area contributed by atoms with E-state index in [9.17, 15) is 18.0 Å². The zero-order valence-electron chi connectivity index (χ0n) is 23.8. The minimum absolute atomic E-state index is 0.0291. The third-order valence-electron chi connectivity index (χ3n) is 7.07. The van der Waals surface area contributed by atoms with Gasteiger partial charge in [0.1, 0.15) is 11.5 Å². The van der Waals surface area contributed by atoms with Crippen LogP contribution >= 0.6 is 0 Å². The van der Waals surface area contributed by atoms with E-state index in [1.807, 2.05) is 60.7 Å². The van der Waals surface area contributed by atoms with E-state index in [2.05, 4.69) is 5.32 Å². The third-order valence-corrected chi connectivity index (χ3v) is 8.88. The highest BCUT2D eigenvalue weighted by Crippen LogP contribution is 2.33. The second-order valence-electron chi connectivity index (χ2n) is 10.1. The molecule has 9 nitrogen and oxygen atoms in total. The van der Waals surface area contributed by atoms with Gasteiger partial charge in [0.05, 0.1) is 17.1 Å². The van der Waals surface area contributed by atoms with Crippen molar-refractivity contribution >= 4 is 27.5 Å². The quantitative estimate of drug-likeness (QED) is 0.279. The fourth-order valence-corrected chi connectivity index (χ4v) is 5.89. The molecule has 1 atom stereocenters. The summed E-state index contributed by atoms with van der Waals surface area (Å²) in [5.41, 5.74) is 2.53. The highest BCUT2D eigenvalue weighted by Gasteiger charge is 2.34. The van der Waals surface area contributed by atoms with E-state index in [-0.39, 0.29) is 36.4 Å². The number of amides is 2. The van der Waals surface area contributed by atoms with Crippen LogP contribution in [0.4, 0.5) is 5.69 Å². The second-order valence-corrected chi connectivity index (χ2v) is 12.2. The molecule has 0 aromatic heterocycles. The minimum atomic E-state index is -3.72. The van der Waals surface area contributed by atoms with Gasteiger partial charge in [-0.15, -0.1) is 0 Å². The van der Waals surface area contributed by atoms with Crippen molar-refractivity contribution < 1.29 is 27.5 Å². The number of rotatable bonds is 11. The highest BCUT2D eigenvalue weighted by atomic mass is 32.2. The van der Waals surface area contributed by atoms with E-state index in [1.165, 1.54) is 40.5 Å². The molecule has 0 saturated heterocycles. The summed E-state index contributed by atoms with van der Waals surface area (Å²) in [7, 11) is -2.19. The molecule has 0 aliphatic carbocycles. The number of ether oxygens (including phenoxy) is 2. The number of sulfonamides is 1. The van der Waals surface area contributed by atoms with Crippen molar-refractivity contribution in [3.63, 3.8) is 0 Å². The number of benzene rings is 4. The summed E-state index contributed by atoms with van der Waals surface area (Å²) in [6.07, 6.45) is -0.206. The Morgan fingerprint density at radius 2 is 1.51 bits per heavy atom. The van der Waals surface area contributed by atoms with E-state index in [0.29, 0.717) is 30.2 Å². The van der Waals surface area contributed by atoms with Gasteiger partial charge in [-0.25, -0.2) is 8.42 Å². The van der Waals surface area contributed by atoms with Crippen LogP contribution in [0, 0.1) is 0 Å². The van der Waals surface area contributed by atoms with Crippen LogP contribution in [0.2, 0.25) is 0 Å². The first kappa shape index (κ1) is 29.8. The molecule has 4 aromatic carbocycles. The maximum atomic E-state index is 13.3. The van der Waals surface area contributed by atoms with Crippen molar-refractivity contribution in [2.45, 2.75) is 24.0 Å². The lowest BCUT2D eigenvalue weighted by Gasteiger charge is -2.34. The van der Waals surface area contributed by atoms with E-state index in [0.717, 1.165) is 11.1 Å². The number of para-hydroxylation sites is 2. The molecular weight excluding hydrogens is 566 g/mol. The van der Waals surface area contributed by atoms with Crippen LogP contribution in [0.25, 0.3) is 0 Å². The highest BCUT2D eigenvalue weighted by molar-refractivity contribution is 7.89. The molecule has 1 heterocycles. The van der Waals surface area contributed by atoms with E-state index in [4.69, 9.17) is 9.47 Å². The van der Waals surface area contributed by atoms with Gasteiger partial charge in [0.25, 0.3) is 11.8 Å². The summed E-state index contributed by atoms with van der Waals surface area (Å²) in [5, 5.41) is 2.90. The van der Waals surface area contributed by atoms with E-state index < -0.39 is 16.1 Å². The number of anilines is 1. The van der Waals surface area contributed by atoms with E-state index >= 15 is 0 Å². The smallest absolute Gasteiger partial charge is 0.265 e. The molecule has 0 fully saturated rings. The van der Waals surface area contributed by atoms with Crippen molar-refractivity contribution in [1.29, 1.82) is 0 Å². The Kier molecular flexibility index (Phi) is 9.38. The van der Waals surface area contributed by atoms with Gasteiger partial charge < -0.3 is 19.7 Å². The van der Waals surface area contributed by atoms with Gasteiger partial charge in [-0.1, -0.05) is 72.8 Å². The number of fused-ring (bicyclic) bond motifs is 1. The molecule has 0 spiro atoms. The van der Waals surface area contributed by atoms with Gasteiger partial charge in [0, 0.05) is 20.1 Å². The molecular formula is C33H33N3O6S. The van der Waals surface area contributed by atoms with Gasteiger partial charge in [-0.05, 0) is 53.9 Å². The first-order valence-electron chi connectivity index (χ1n) is 13.9. The summed E-state index contributed by atoms with van der Waals surface area (Å²) in [6.45, 7) is 0.399. The molecule has 10 heteroatoms. The molecule has 222 valence electrons. The Hall–Kier alpha value is -4.67. The number of hydrogen-bond donors (Lipinski definition) is 1. The SMILES string of the molecule is CN(Cc1ccccc1)S(=O)(=O)c1ccc(OCC(=O)N2C[C@@H](C(=O)NCCc3ccccc3)Oc3ccccc32)cc1. The fourth-order valence-electron chi connectivity index (χ4n) is 4.73. The molecule has 1 aliphatic rings. The molecule has 43 heavy (non-hydrogen) atoms. The standard InChI is InChI=1S/C33H33N3O6S/c1-35(22-26-12-6-3-7-13-26)43(39,40)28-18-16-27(17-19-28)41-24-32(37)36-23-31(42-30-15-9-8-14-29(30)36)33(38)34-21-20-25-10-4-2-5-11-25/h2-19,31H,20-24H2,1H3,(H,34,38)/t31-/m0/s1. The Morgan fingerprint density at radius 1 is 0.884 bits per heavy atom. The second kappa shape index (κ2) is 13.5. The predicted molar refractivity (Wildman–Crippen MR) is 163 cm³/mol. The van der Waals surface area contributed by atoms with Crippen LogP contribution < -0.4 is 19.7 Å². The topological polar surface area (TPSA) is 105 Å². The Morgan fingerprint density at radius 3 is 2.21 bits per heavy atom. The summed E-state index contributed by atoms with van der Waals surface area (Å²) >= 11 is 0. The van der Waals surface area contributed by atoms with Crippen LogP contribution in [0.5, 0.6) is 11.5 Å². The van der Waals surface area contributed by atoms with Crippen LogP contribution in [-0.2, 0) is 32.6 Å². The van der Waals surface area contributed by atoms with Gasteiger partial charge in [0.15, 0.2) is 12.7 Å². The van der Waals surface area contributed by atoms with Crippen molar-refractivity contribution in [3.05, 3.63) is 120 Å². The van der Waals surface area contributed by atoms with Crippen molar-refractivity contribution in [3.8, 4) is 11.5 Å². The maximum Gasteiger partial charge on any atom is 0.265 e. The van der Waals surface area contributed by atoms with E-state index in [1.54, 1.807) is 24.3 Å². The molecule has 4 aromatic rings. The summed E-state index contributed by atoms with van der Waals surface area (Å²) in [5.74, 6) is 0.101. The summed E-state index contributed by atoms with van der Waals surface area (Å²) in [6, 6.07) is 32.2. The predicted octanol–water partition coefficient (Wildman–Crippen LogP) is 4.04. The molecule has 1 aliphatic heterocycles. The molecule has 1 N–H and O–H groups in total. The van der Waals surface area contributed by atoms with Crippen LogP contribution in [0.3, 0.4) is 0 Å². The largest absolute Gasteiger partial charge is 0.484 e. The Balaban J connectivity index is 1.19. The summed E-state index contributed by atoms with van der Waals surface area (Å²) < 4.78 is 39.0. The number of carbonyl (C=O) groups is 2. The monoisotopic (exact) mass is 599 g/mol. The van der Waals surface area contributed by atoms with Crippen LogP contribution in [-0.4, -0.2) is 57.4 Å². The average Bonchev–Trinajstić information content (AvgIpc) is 3.04. The Labute approximate surface area is 251 Å². The molecule has 2 amide bonds. The molecule has 5 rings (SSSR count). The lowest BCUT2D eigenvalue weighted by molar-refractivity contribution is -0.128. The normalized spacial score (nSPS) is 14.5. The van der Waals surface area contributed by atoms with Crippen LogP contribution in [0.1, 0.15) is 11.1 Å². The lowest BCUT2D eigenvalue weighted by Crippen LogP contribution is -2.52. The first-order valence-corrected chi connectivity index (χ1v) is 15.4. The zero-order valence-corrected chi connectivity index (χ0v) is 24.6. The minimum Gasteiger partial charge on any atom is -0.484 e. The maximum absolute atomic E-state index is 13.3. The molecule has 0 radical (unpaired) electrons. The summed E-state index contributed by atoms with van der Waals surface area (Å²) in [4.78, 5) is 27.9. The van der Waals surface area contributed by atoms with Gasteiger partial charge in [-0.3, -0.25) is 9.59 Å². The van der Waals surface area contributed by atoms with Gasteiger partial charge >= 0.3 is 0 Å². The van der Waals surface area contributed by atoms with Crippen molar-refractivity contribution in [2.75, 3.05) is 31.6 Å². The van der Waals surface area contributed by atoms with Crippen molar-refractivity contribution in [1.82, 2.24) is 9.62 Å². The van der Waals surface area contributed by atoms with Crippen molar-refractivity contribution in [2.24, 2.45) is 0 Å². The molecule has 0 saturated carbocycles. The zero-order chi connectivity index (χ0) is 30.2. The number of carbonyl (C=O) groups excluding carboxylic acids is 2. The van der Waals surface area contributed by atoms with Gasteiger partial charge in [0.2, 0.25) is 10.0 Å². The fraction of sp³-hybridized carbons (Fsp3) is 0.212. The average molecular weight is 600 g/mol. The number of hydrogen-bond acceptors (Lipinski definition) is 6. The number of nitrogens with one attached hydrogen (secondary N) is 1. The first-order chi connectivity index (χ1) is 20.8. The molecule has 0 unspecified atom stereocenters. The Bertz CT molecular complexity index is 1650. The van der Waals surface area contributed by atoms with Gasteiger partial charge in [-0.2, -0.15) is 4.31 Å². The third kappa shape index (κ3) is 7.40. The lowest BCUT2D eigenvalue weighted by atomic mass is 10.1. The number of nitrogens with zero attached hydrogens (tertiary/aromatic N) is 2. The van der Waals surface area contributed by atoms with Crippen LogP contribution in [0.15, 0.2) is 114 Å². The molecule has 0 bridgehead atoms.